The molecule has 0 saturated heterocycles. The number of aryl methyl sites for hydroxylation is 2. The molecule has 0 aliphatic rings. The fraction of sp³-hybridized carbons (Fsp3) is 0.400. The lowest BCUT2D eigenvalue weighted by molar-refractivity contribution is 0.473. The molecule has 0 spiro atoms. The minimum Gasteiger partial charge on any atom is -0.311 e. The number of nitrogens with one attached hydrogen (secondary N) is 1. The Morgan fingerprint density at radius 1 is 1.35 bits per heavy atom. The average molecular weight is 279 g/mol. The number of halogens is 2. The van der Waals surface area contributed by atoms with Crippen molar-refractivity contribution in [2.45, 2.75) is 32.9 Å². The molecule has 1 aromatic carbocycles. The van der Waals surface area contributed by atoms with Crippen LogP contribution in [0, 0.1) is 18.6 Å². The van der Waals surface area contributed by atoms with Gasteiger partial charge in [-0.1, -0.05) is 12.1 Å². The molecule has 1 atom stereocenters. The monoisotopic (exact) mass is 279 g/mol. The van der Waals surface area contributed by atoms with Gasteiger partial charge in [-0.2, -0.15) is 5.10 Å². The molecule has 0 bridgehead atoms. The van der Waals surface area contributed by atoms with Crippen molar-refractivity contribution in [3.63, 3.8) is 0 Å². The first-order valence-corrected chi connectivity index (χ1v) is 6.71. The van der Waals surface area contributed by atoms with Gasteiger partial charge in [-0.3, -0.25) is 4.68 Å². The Balaban J connectivity index is 2.31. The van der Waals surface area contributed by atoms with Crippen molar-refractivity contribution >= 4 is 0 Å². The Morgan fingerprint density at radius 2 is 2.10 bits per heavy atom. The molecular formula is C15H19F2N3. The first-order chi connectivity index (χ1) is 9.56. The van der Waals surface area contributed by atoms with Crippen molar-refractivity contribution < 1.29 is 8.78 Å². The molecule has 1 N–H and O–H groups in total. The fourth-order valence-electron chi connectivity index (χ4n) is 2.38. The van der Waals surface area contributed by atoms with Crippen LogP contribution >= 0.6 is 0 Å². The molecule has 1 heterocycles. The lowest BCUT2D eigenvalue weighted by atomic mass is 10.0. The molecule has 108 valence electrons. The van der Waals surface area contributed by atoms with Gasteiger partial charge in [0.1, 0.15) is 0 Å². The SMILES string of the molecule is CCn1nc(C)cc1C(Cc1cccc(F)c1F)NC. The van der Waals surface area contributed by atoms with E-state index in [2.05, 4.69) is 10.4 Å². The van der Waals surface area contributed by atoms with E-state index >= 15 is 0 Å². The van der Waals surface area contributed by atoms with Crippen molar-refractivity contribution in [2.75, 3.05) is 7.05 Å². The van der Waals surface area contributed by atoms with Gasteiger partial charge in [0.05, 0.1) is 17.4 Å². The van der Waals surface area contributed by atoms with Gasteiger partial charge in [0, 0.05) is 6.54 Å². The average Bonchev–Trinajstić information content (AvgIpc) is 2.81. The van der Waals surface area contributed by atoms with Gasteiger partial charge in [0.15, 0.2) is 11.6 Å². The lowest BCUT2D eigenvalue weighted by Crippen LogP contribution is -2.23. The van der Waals surface area contributed by atoms with Crippen molar-refractivity contribution in [2.24, 2.45) is 0 Å². The van der Waals surface area contributed by atoms with Crippen LogP contribution in [0.1, 0.15) is 29.9 Å². The number of nitrogens with zero attached hydrogens (tertiary/aromatic N) is 2. The first-order valence-electron chi connectivity index (χ1n) is 6.71. The number of aromatic nitrogens is 2. The van der Waals surface area contributed by atoms with Crippen LogP contribution in [-0.4, -0.2) is 16.8 Å². The third-order valence-electron chi connectivity index (χ3n) is 3.39. The third kappa shape index (κ3) is 2.88. The minimum atomic E-state index is -0.808. The zero-order valence-corrected chi connectivity index (χ0v) is 12.0. The van der Waals surface area contributed by atoms with Gasteiger partial charge in [-0.05, 0) is 45.0 Å². The normalized spacial score (nSPS) is 12.7. The molecule has 2 rings (SSSR count). The van der Waals surface area contributed by atoms with Crippen molar-refractivity contribution in [3.8, 4) is 0 Å². The Morgan fingerprint density at radius 3 is 2.75 bits per heavy atom. The highest BCUT2D eigenvalue weighted by Crippen LogP contribution is 2.22. The van der Waals surface area contributed by atoms with Crippen molar-refractivity contribution in [1.29, 1.82) is 0 Å². The Kier molecular flexibility index (Phi) is 4.49. The summed E-state index contributed by atoms with van der Waals surface area (Å²) in [5, 5.41) is 7.54. The van der Waals surface area contributed by atoms with Crippen LogP contribution in [0.3, 0.4) is 0 Å². The summed E-state index contributed by atoms with van der Waals surface area (Å²) in [6, 6.07) is 6.15. The number of hydrogen-bond donors (Lipinski definition) is 1. The second-order valence-corrected chi connectivity index (χ2v) is 4.78. The molecule has 3 nitrogen and oxygen atoms in total. The van der Waals surface area contributed by atoms with Crippen LogP contribution < -0.4 is 5.32 Å². The predicted molar refractivity (Wildman–Crippen MR) is 74.5 cm³/mol. The molecule has 2 aromatic rings. The molecule has 0 aliphatic heterocycles. The molecule has 1 unspecified atom stereocenters. The molecule has 20 heavy (non-hydrogen) atoms. The third-order valence-corrected chi connectivity index (χ3v) is 3.39. The fourth-order valence-corrected chi connectivity index (χ4v) is 2.38. The van der Waals surface area contributed by atoms with E-state index in [9.17, 15) is 8.78 Å². The van der Waals surface area contributed by atoms with E-state index in [1.54, 1.807) is 6.07 Å². The van der Waals surface area contributed by atoms with Crippen molar-refractivity contribution in [1.82, 2.24) is 15.1 Å². The molecule has 0 fully saturated rings. The van der Waals surface area contributed by atoms with E-state index in [0.29, 0.717) is 12.0 Å². The van der Waals surface area contributed by atoms with Crippen molar-refractivity contribution in [3.05, 3.63) is 52.9 Å². The summed E-state index contributed by atoms with van der Waals surface area (Å²) in [7, 11) is 1.81. The maximum atomic E-state index is 13.8. The quantitative estimate of drug-likeness (QED) is 0.912. The summed E-state index contributed by atoms with van der Waals surface area (Å²) < 4.78 is 28.9. The van der Waals surface area contributed by atoms with E-state index in [0.717, 1.165) is 24.0 Å². The van der Waals surface area contributed by atoms with E-state index in [-0.39, 0.29) is 6.04 Å². The highest BCUT2D eigenvalue weighted by Gasteiger charge is 2.18. The molecule has 0 saturated carbocycles. The van der Waals surface area contributed by atoms with Crippen LogP contribution in [0.2, 0.25) is 0 Å². The lowest BCUT2D eigenvalue weighted by Gasteiger charge is -2.18. The van der Waals surface area contributed by atoms with E-state index in [4.69, 9.17) is 0 Å². The highest BCUT2D eigenvalue weighted by molar-refractivity contribution is 5.23. The summed E-state index contributed by atoms with van der Waals surface area (Å²) in [5.74, 6) is -1.58. The second kappa shape index (κ2) is 6.13. The minimum absolute atomic E-state index is 0.104. The van der Waals surface area contributed by atoms with Gasteiger partial charge in [0.25, 0.3) is 0 Å². The molecular weight excluding hydrogens is 260 g/mol. The zero-order valence-electron chi connectivity index (χ0n) is 12.0. The Labute approximate surface area is 117 Å². The summed E-state index contributed by atoms with van der Waals surface area (Å²) in [5.41, 5.74) is 2.27. The van der Waals surface area contributed by atoms with Crippen LogP contribution in [-0.2, 0) is 13.0 Å². The summed E-state index contributed by atoms with van der Waals surface area (Å²) in [6.45, 7) is 4.67. The summed E-state index contributed by atoms with van der Waals surface area (Å²) in [4.78, 5) is 0. The summed E-state index contributed by atoms with van der Waals surface area (Å²) in [6.07, 6.45) is 0.380. The Hall–Kier alpha value is -1.75. The molecule has 5 heteroatoms. The van der Waals surface area contributed by atoms with Gasteiger partial charge in [-0.25, -0.2) is 8.78 Å². The number of hydrogen-bond acceptors (Lipinski definition) is 2. The van der Waals surface area contributed by atoms with E-state index in [1.807, 2.05) is 31.6 Å². The van der Waals surface area contributed by atoms with Gasteiger partial charge in [0.2, 0.25) is 0 Å². The molecule has 0 aliphatic carbocycles. The predicted octanol–water partition coefficient (Wildman–Crippen LogP) is 2.99. The van der Waals surface area contributed by atoms with Crippen LogP contribution in [0.5, 0.6) is 0 Å². The first kappa shape index (κ1) is 14.7. The number of rotatable bonds is 5. The maximum absolute atomic E-state index is 13.8. The number of benzene rings is 1. The topological polar surface area (TPSA) is 29.9 Å². The molecule has 1 aromatic heterocycles. The van der Waals surface area contributed by atoms with E-state index < -0.39 is 11.6 Å². The van der Waals surface area contributed by atoms with Gasteiger partial charge < -0.3 is 5.32 Å². The van der Waals surface area contributed by atoms with Crippen LogP contribution in [0.25, 0.3) is 0 Å². The summed E-state index contributed by atoms with van der Waals surface area (Å²) >= 11 is 0. The maximum Gasteiger partial charge on any atom is 0.162 e. The number of likely N-dealkylation sites (N-methyl/N-ethyl adjacent to an activating group) is 1. The Bertz CT molecular complexity index is 593. The smallest absolute Gasteiger partial charge is 0.162 e. The zero-order chi connectivity index (χ0) is 14.7. The molecule has 0 radical (unpaired) electrons. The van der Waals surface area contributed by atoms with Crippen LogP contribution in [0.4, 0.5) is 8.78 Å². The standard InChI is InChI=1S/C15H19F2N3/c1-4-20-14(8-10(2)19-20)13(18-3)9-11-6-5-7-12(16)15(11)17/h5-8,13,18H,4,9H2,1-3H3. The van der Waals surface area contributed by atoms with Gasteiger partial charge >= 0.3 is 0 Å². The highest BCUT2D eigenvalue weighted by atomic mass is 19.2. The molecule has 0 amide bonds. The van der Waals surface area contributed by atoms with E-state index in [1.165, 1.54) is 6.07 Å². The van der Waals surface area contributed by atoms with Gasteiger partial charge in [-0.15, -0.1) is 0 Å². The second-order valence-electron chi connectivity index (χ2n) is 4.78. The largest absolute Gasteiger partial charge is 0.311 e. The van der Waals surface area contributed by atoms with Crippen LogP contribution in [0.15, 0.2) is 24.3 Å².